The third-order valence-electron chi connectivity index (χ3n) is 3.38. The molecule has 0 radical (unpaired) electrons. The van der Waals surface area contributed by atoms with E-state index in [-0.39, 0.29) is 12.4 Å². The Morgan fingerprint density at radius 1 is 1.08 bits per heavy atom. The minimum Gasteiger partial charge on any atom is -0.493 e. The molecule has 0 unspecified atom stereocenters. The van der Waals surface area contributed by atoms with E-state index in [0.29, 0.717) is 35.0 Å². The van der Waals surface area contributed by atoms with E-state index in [9.17, 15) is 9.59 Å². The van der Waals surface area contributed by atoms with E-state index in [1.165, 1.54) is 14.2 Å². The number of ether oxygens (including phenoxy) is 4. The van der Waals surface area contributed by atoms with Gasteiger partial charge >= 0.3 is 11.9 Å². The van der Waals surface area contributed by atoms with Crippen molar-refractivity contribution < 1.29 is 33.0 Å². The summed E-state index contributed by atoms with van der Waals surface area (Å²) in [7, 11) is 2.79. The van der Waals surface area contributed by atoms with Crippen LogP contribution in [0.1, 0.15) is 39.2 Å². The number of esters is 2. The van der Waals surface area contributed by atoms with Gasteiger partial charge in [-0.2, -0.15) is 0 Å². The third kappa shape index (κ3) is 4.32. The maximum Gasteiger partial charge on any atom is 0.374 e. The minimum atomic E-state index is -0.577. The summed E-state index contributed by atoms with van der Waals surface area (Å²) >= 11 is 0. The van der Waals surface area contributed by atoms with Crippen LogP contribution in [0.25, 0.3) is 0 Å². The number of aryl methyl sites for hydroxylation is 1. The molecule has 1 heterocycles. The fourth-order valence-corrected chi connectivity index (χ4v) is 2.21. The van der Waals surface area contributed by atoms with E-state index < -0.39 is 11.9 Å². The number of hydrogen-bond acceptors (Lipinski definition) is 7. The van der Waals surface area contributed by atoms with Gasteiger partial charge in [0.25, 0.3) is 0 Å². The molecule has 7 heteroatoms. The summed E-state index contributed by atoms with van der Waals surface area (Å²) in [5.41, 5.74) is 0.932. The van der Waals surface area contributed by atoms with E-state index in [1.807, 2.05) is 6.92 Å². The highest BCUT2D eigenvalue weighted by atomic mass is 16.6. The Bertz CT molecular complexity index is 761. The Morgan fingerprint density at radius 3 is 2.48 bits per heavy atom. The van der Waals surface area contributed by atoms with E-state index in [1.54, 1.807) is 31.2 Å². The van der Waals surface area contributed by atoms with Crippen LogP contribution in [0.3, 0.4) is 0 Å². The summed E-state index contributed by atoms with van der Waals surface area (Å²) in [6.07, 6.45) is 0. The van der Waals surface area contributed by atoms with E-state index >= 15 is 0 Å². The molecule has 0 aliphatic carbocycles. The molecule has 0 atom stereocenters. The van der Waals surface area contributed by atoms with Crippen LogP contribution in [0.5, 0.6) is 11.5 Å². The zero-order valence-corrected chi connectivity index (χ0v) is 14.6. The Hall–Kier alpha value is -2.96. The number of rotatable bonds is 7. The van der Waals surface area contributed by atoms with Gasteiger partial charge in [-0.15, -0.1) is 0 Å². The van der Waals surface area contributed by atoms with Gasteiger partial charge in [-0.25, -0.2) is 9.59 Å². The first kappa shape index (κ1) is 18.4. The number of methoxy groups -OCH3 is 2. The highest BCUT2D eigenvalue weighted by Crippen LogP contribution is 2.28. The van der Waals surface area contributed by atoms with E-state index in [2.05, 4.69) is 4.74 Å². The van der Waals surface area contributed by atoms with Crippen LogP contribution in [0.2, 0.25) is 0 Å². The SMILES string of the molecule is CCOc1cc(C(=O)OCc2cc(C)c(C(=O)OC)o2)ccc1OC. The van der Waals surface area contributed by atoms with Gasteiger partial charge in [0.2, 0.25) is 5.76 Å². The molecule has 1 aromatic carbocycles. The van der Waals surface area contributed by atoms with Crippen molar-refractivity contribution in [3.05, 3.63) is 46.9 Å². The lowest BCUT2D eigenvalue weighted by Gasteiger charge is -2.10. The van der Waals surface area contributed by atoms with Gasteiger partial charge in [-0.05, 0) is 38.1 Å². The Balaban J connectivity index is 2.07. The minimum absolute atomic E-state index is 0.0941. The van der Waals surface area contributed by atoms with Crippen LogP contribution < -0.4 is 9.47 Å². The molecule has 0 saturated carbocycles. The van der Waals surface area contributed by atoms with Crippen LogP contribution in [0, 0.1) is 6.92 Å². The highest BCUT2D eigenvalue weighted by molar-refractivity contribution is 5.90. The van der Waals surface area contributed by atoms with Crippen molar-refractivity contribution >= 4 is 11.9 Å². The molecule has 0 aliphatic heterocycles. The molecule has 25 heavy (non-hydrogen) atoms. The lowest BCUT2D eigenvalue weighted by atomic mass is 10.2. The lowest BCUT2D eigenvalue weighted by molar-refractivity contribution is 0.0438. The second kappa shape index (κ2) is 8.23. The first-order valence-corrected chi connectivity index (χ1v) is 7.65. The van der Waals surface area contributed by atoms with Crippen LogP contribution in [-0.4, -0.2) is 32.8 Å². The van der Waals surface area contributed by atoms with Crippen LogP contribution >= 0.6 is 0 Å². The molecule has 2 rings (SSSR count). The third-order valence-corrected chi connectivity index (χ3v) is 3.38. The van der Waals surface area contributed by atoms with E-state index in [0.717, 1.165) is 0 Å². The number of hydrogen-bond donors (Lipinski definition) is 0. The summed E-state index contributed by atoms with van der Waals surface area (Å²) in [4.78, 5) is 23.7. The smallest absolute Gasteiger partial charge is 0.374 e. The molecule has 2 aromatic rings. The van der Waals surface area contributed by atoms with Gasteiger partial charge in [-0.1, -0.05) is 0 Å². The number of benzene rings is 1. The van der Waals surface area contributed by atoms with Crippen LogP contribution in [0.4, 0.5) is 0 Å². The molecule has 7 nitrogen and oxygen atoms in total. The molecule has 0 spiro atoms. The van der Waals surface area contributed by atoms with Crippen molar-refractivity contribution in [3.63, 3.8) is 0 Å². The standard InChI is InChI=1S/C18H20O7/c1-5-23-15-9-12(6-7-14(15)21-3)17(19)24-10-13-8-11(2)16(25-13)18(20)22-4/h6-9H,5,10H2,1-4H3. The quantitative estimate of drug-likeness (QED) is 0.711. The van der Waals surface area contributed by atoms with Crippen LogP contribution in [-0.2, 0) is 16.1 Å². The Morgan fingerprint density at radius 2 is 1.84 bits per heavy atom. The van der Waals surface area contributed by atoms with Gasteiger partial charge in [0.05, 0.1) is 26.4 Å². The second-order valence-electron chi connectivity index (χ2n) is 5.09. The molecule has 0 bridgehead atoms. The van der Waals surface area contributed by atoms with Gasteiger partial charge in [0.15, 0.2) is 11.5 Å². The normalized spacial score (nSPS) is 10.2. The first-order chi connectivity index (χ1) is 12.0. The lowest BCUT2D eigenvalue weighted by Crippen LogP contribution is -2.06. The molecule has 1 aromatic heterocycles. The molecule has 134 valence electrons. The van der Waals surface area contributed by atoms with E-state index in [4.69, 9.17) is 18.6 Å². The second-order valence-corrected chi connectivity index (χ2v) is 5.09. The Kier molecular flexibility index (Phi) is 6.05. The molecule has 0 N–H and O–H groups in total. The van der Waals surface area contributed by atoms with Crippen molar-refractivity contribution in [1.82, 2.24) is 0 Å². The van der Waals surface area contributed by atoms with Crippen molar-refractivity contribution in [2.75, 3.05) is 20.8 Å². The fraction of sp³-hybridized carbons (Fsp3) is 0.333. The summed E-state index contributed by atoms with van der Waals surface area (Å²) in [5.74, 6) is 0.314. The zero-order chi connectivity index (χ0) is 18.4. The van der Waals surface area contributed by atoms with Crippen LogP contribution in [0.15, 0.2) is 28.7 Å². The number of furan rings is 1. The van der Waals surface area contributed by atoms with Gasteiger partial charge in [-0.3, -0.25) is 0 Å². The number of carbonyl (C=O) groups excluding carboxylic acids is 2. The molecule has 0 fully saturated rings. The predicted octanol–water partition coefficient (Wildman–Crippen LogP) is 3.14. The largest absolute Gasteiger partial charge is 0.493 e. The highest BCUT2D eigenvalue weighted by Gasteiger charge is 2.18. The topological polar surface area (TPSA) is 84.2 Å². The van der Waals surface area contributed by atoms with Crippen molar-refractivity contribution in [1.29, 1.82) is 0 Å². The molecular formula is C18H20O7. The maximum absolute atomic E-state index is 12.2. The summed E-state index contributed by atoms with van der Waals surface area (Å²) in [6.45, 7) is 3.88. The van der Waals surface area contributed by atoms with Crippen molar-refractivity contribution in [3.8, 4) is 11.5 Å². The number of carbonyl (C=O) groups is 2. The monoisotopic (exact) mass is 348 g/mol. The predicted molar refractivity (Wildman–Crippen MR) is 88.1 cm³/mol. The van der Waals surface area contributed by atoms with Gasteiger partial charge in [0.1, 0.15) is 12.4 Å². The summed E-state index contributed by atoms with van der Waals surface area (Å²) in [6, 6.07) is 6.39. The average Bonchev–Trinajstić information content (AvgIpc) is 3.00. The molecule has 0 saturated heterocycles. The zero-order valence-electron chi connectivity index (χ0n) is 14.6. The van der Waals surface area contributed by atoms with Gasteiger partial charge < -0.3 is 23.4 Å². The first-order valence-electron chi connectivity index (χ1n) is 7.65. The average molecular weight is 348 g/mol. The summed E-state index contributed by atoms with van der Waals surface area (Å²) in [5, 5.41) is 0. The Labute approximate surface area is 145 Å². The molecular weight excluding hydrogens is 328 g/mol. The molecule has 0 amide bonds. The van der Waals surface area contributed by atoms with Crippen molar-refractivity contribution in [2.45, 2.75) is 20.5 Å². The van der Waals surface area contributed by atoms with Gasteiger partial charge in [0, 0.05) is 5.56 Å². The fourth-order valence-electron chi connectivity index (χ4n) is 2.21. The van der Waals surface area contributed by atoms with Crippen molar-refractivity contribution in [2.24, 2.45) is 0 Å². The molecule has 0 aliphatic rings. The maximum atomic E-state index is 12.2. The summed E-state index contributed by atoms with van der Waals surface area (Å²) < 4.78 is 25.8.